The van der Waals surface area contributed by atoms with Crippen LogP contribution in [0.5, 0.6) is 0 Å². The molecule has 3 heteroatoms. The zero-order valence-electron chi connectivity index (χ0n) is 13.1. The normalized spacial score (nSPS) is 27.5. The van der Waals surface area contributed by atoms with Crippen LogP contribution < -0.4 is 0 Å². The summed E-state index contributed by atoms with van der Waals surface area (Å²) in [5.74, 6) is 4.93. The van der Waals surface area contributed by atoms with Crippen LogP contribution in [0.25, 0.3) is 0 Å². The van der Waals surface area contributed by atoms with E-state index >= 15 is 0 Å². The SMILES string of the molecule is CCn1c(CCC2CCCCC2)nnc1C1CC[C@H]1C. The van der Waals surface area contributed by atoms with Crippen LogP contribution in [0, 0.1) is 11.8 Å². The third-order valence-electron chi connectivity index (χ3n) is 5.62. The van der Waals surface area contributed by atoms with Crippen molar-refractivity contribution in [1.29, 1.82) is 0 Å². The Bertz CT molecular complexity index is 431. The number of nitrogens with zero attached hydrogens (tertiary/aromatic N) is 3. The number of aryl methyl sites for hydroxylation is 1. The minimum absolute atomic E-state index is 0.672. The molecular formula is C17H29N3. The van der Waals surface area contributed by atoms with Gasteiger partial charge in [0.2, 0.25) is 0 Å². The van der Waals surface area contributed by atoms with Gasteiger partial charge in [0.25, 0.3) is 0 Å². The molecule has 1 heterocycles. The highest BCUT2D eigenvalue weighted by Crippen LogP contribution is 2.41. The predicted molar refractivity (Wildman–Crippen MR) is 81.7 cm³/mol. The van der Waals surface area contributed by atoms with E-state index in [1.807, 2.05) is 0 Å². The molecule has 112 valence electrons. The van der Waals surface area contributed by atoms with Gasteiger partial charge in [-0.2, -0.15) is 0 Å². The van der Waals surface area contributed by atoms with Crippen molar-refractivity contribution in [2.75, 3.05) is 0 Å². The third kappa shape index (κ3) is 2.77. The highest BCUT2D eigenvalue weighted by atomic mass is 15.3. The van der Waals surface area contributed by atoms with Crippen LogP contribution in [0.4, 0.5) is 0 Å². The minimum Gasteiger partial charge on any atom is -0.315 e. The average Bonchev–Trinajstić information content (AvgIpc) is 2.87. The van der Waals surface area contributed by atoms with Crippen molar-refractivity contribution in [2.24, 2.45) is 11.8 Å². The Labute approximate surface area is 123 Å². The van der Waals surface area contributed by atoms with Crippen molar-refractivity contribution in [3.05, 3.63) is 11.6 Å². The van der Waals surface area contributed by atoms with E-state index in [-0.39, 0.29) is 0 Å². The first-order chi connectivity index (χ1) is 9.79. The lowest BCUT2D eigenvalue weighted by Crippen LogP contribution is -2.24. The molecule has 20 heavy (non-hydrogen) atoms. The Balaban J connectivity index is 1.63. The molecule has 0 aliphatic heterocycles. The quantitative estimate of drug-likeness (QED) is 0.801. The number of rotatable bonds is 5. The van der Waals surface area contributed by atoms with E-state index in [4.69, 9.17) is 0 Å². The Morgan fingerprint density at radius 3 is 2.45 bits per heavy atom. The Morgan fingerprint density at radius 1 is 1.05 bits per heavy atom. The molecule has 2 fully saturated rings. The fourth-order valence-corrected chi connectivity index (χ4v) is 4.01. The molecule has 0 N–H and O–H groups in total. The second-order valence-electron chi connectivity index (χ2n) is 6.92. The van der Waals surface area contributed by atoms with Crippen molar-refractivity contribution < 1.29 is 0 Å². The standard InChI is InChI=1S/C17H29N3/c1-3-20-16(12-10-14-7-5-4-6-8-14)18-19-17(20)15-11-9-13(15)2/h13-15H,3-12H2,1-2H3/t13-,15?/m1/s1. The lowest BCUT2D eigenvalue weighted by atomic mass is 9.74. The summed E-state index contributed by atoms with van der Waals surface area (Å²) in [6, 6.07) is 0. The first kappa shape index (κ1) is 14.1. The molecule has 0 aromatic carbocycles. The van der Waals surface area contributed by atoms with Crippen LogP contribution in [0.3, 0.4) is 0 Å². The summed E-state index contributed by atoms with van der Waals surface area (Å²) in [5, 5.41) is 9.06. The van der Waals surface area contributed by atoms with Crippen LogP contribution >= 0.6 is 0 Å². The van der Waals surface area contributed by atoms with E-state index in [0.717, 1.165) is 24.8 Å². The molecule has 2 saturated carbocycles. The summed E-state index contributed by atoms with van der Waals surface area (Å²) in [4.78, 5) is 0. The molecule has 0 saturated heterocycles. The lowest BCUT2D eigenvalue weighted by Gasteiger charge is -2.33. The molecule has 0 amide bonds. The largest absolute Gasteiger partial charge is 0.315 e. The molecule has 2 aliphatic carbocycles. The molecule has 0 bridgehead atoms. The molecule has 1 unspecified atom stereocenters. The summed E-state index contributed by atoms with van der Waals surface area (Å²) in [6.45, 7) is 5.62. The third-order valence-corrected chi connectivity index (χ3v) is 5.62. The Morgan fingerprint density at radius 2 is 1.85 bits per heavy atom. The van der Waals surface area contributed by atoms with Crippen LogP contribution in [0.15, 0.2) is 0 Å². The molecule has 0 spiro atoms. The fraction of sp³-hybridized carbons (Fsp3) is 0.882. The molecule has 1 aromatic heterocycles. The van der Waals surface area contributed by atoms with E-state index in [0.29, 0.717) is 5.92 Å². The van der Waals surface area contributed by atoms with Gasteiger partial charge in [-0.25, -0.2) is 0 Å². The maximum absolute atomic E-state index is 4.54. The minimum atomic E-state index is 0.672. The number of hydrogen-bond donors (Lipinski definition) is 0. The van der Waals surface area contributed by atoms with E-state index in [9.17, 15) is 0 Å². The van der Waals surface area contributed by atoms with Gasteiger partial charge in [0.05, 0.1) is 0 Å². The summed E-state index contributed by atoms with van der Waals surface area (Å²) < 4.78 is 2.41. The van der Waals surface area contributed by atoms with E-state index in [1.54, 1.807) is 0 Å². The molecule has 0 radical (unpaired) electrons. The highest BCUT2D eigenvalue weighted by Gasteiger charge is 2.32. The van der Waals surface area contributed by atoms with Gasteiger partial charge in [0.1, 0.15) is 11.6 Å². The zero-order chi connectivity index (χ0) is 13.9. The van der Waals surface area contributed by atoms with E-state index < -0.39 is 0 Å². The van der Waals surface area contributed by atoms with Crippen LogP contribution in [0.2, 0.25) is 0 Å². The molecule has 2 aliphatic rings. The topological polar surface area (TPSA) is 30.7 Å². The zero-order valence-corrected chi connectivity index (χ0v) is 13.1. The van der Waals surface area contributed by atoms with Crippen molar-refractivity contribution >= 4 is 0 Å². The van der Waals surface area contributed by atoms with Crippen molar-refractivity contribution in [3.63, 3.8) is 0 Å². The average molecular weight is 275 g/mol. The summed E-state index contributed by atoms with van der Waals surface area (Å²) in [6.07, 6.45) is 12.3. The van der Waals surface area contributed by atoms with Crippen LogP contribution in [0.1, 0.15) is 82.8 Å². The Kier molecular flexibility index (Phi) is 4.42. The van der Waals surface area contributed by atoms with Gasteiger partial charge in [-0.15, -0.1) is 10.2 Å². The predicted octanol–water partition coefficient (Wildman–Crippen LogP) is 4.32. The summed E-state index contributed by atoms with van der Waals surface area (Å²) in [7, 11) is 0. The summed E-state index contributed by atoms with van der Waals surface area (Å²) >= 11 is 0. The van der Waals surface area contributed by atoms with Gasteiger partial charge in [0.15, 0.2) is 0 Å². The highest BCUT2D eigenvalue weighted by molar-refractivity contribution is 5.08. The van der Waals surface area contributed by atoms with Gasteiger partial charge >= 0.3 is 0 Å². The van der Waals surface area contributed by atoms with Crippen molar-refractivity contribution in [1.82, 2.24) is 14.8 Å². The first-order valence-electron chi connectivity index (χ1n) is 8.71. The number of aromatic nitrogens is 3. The van der Waals surface area contributed by atoms with Gasteiger partial charge in [-0.3, -0.25) is 0 Å². The van der Waals surface area contributed by atoms with E-state index in [1.165, 1.54) is 63.0 Å². The fourth-order valence-electron chi connectivity index (χ4n) is 4.01. The van der Waals surface area contributed by atoms with Crippen molar-refractivity contribution in [3.8, 4) is 0 Å². The smallest absolute Gasteiger partial charge is 0.136 e. The van der Waals surface area contributed by atoms with Crippen molar-refractivity contribution in [2.45, 2.75) is 84.1 Å². The lowest BCUT2D eigenvalue weighted by molar-refractivity contribution is 0.261. The number of hydrogen-bond acceptors (Lipinski definition) is 2. The van der Waals surface area contributed by atoms with Crippen LogP contribution in [-0.2, 0) is 13.0 Å². The summed E-state index contributed by atoms with van der Waals surface area (Å²) in [5.41, 5.74) is 0. The van der Waals surface area contributed by atoms with Gasteiger partial charge < -0.3 is 4.57 Å². The molecular weight excluding hydrogens is 246 g/mol. The molecule has 3 nitrogen and oxygen atoms in total. The van der Waals surface area contributed by atoms with Crippen LogP contribution in [-0.4, -0.2) is 14.8 Å². The Hall–Kier alpha value is -0.860. The second-order valence-corrected chi connectivity index (χ2v) is 6.92. The van der Waals surface area contributed by atoms with Gasteiger partial charge in [0, 0.05) is 18.9 Å². The van der Waals surface area contributed by atoms with Gasteiger partial charge in [-0.05, 0) is 38.0 Å². The van der Waals surface area contributed by atoms with E-state index in [2.05, 4.69) is 28.6 Å². The molecule has 3 rings (SSSR count). The maximum atomic E-state index is 4.54. The monoisotopic (exact) mass is 275 g/mol. The second kappa shape index (κ2) is 6.28. The molecule has 1 aromatic rings. The molecule has 2 atom stereocenters. The van der Waals surface area contributed by atoms with Gasteiger partial charge in [-0.1, -0.05) is 39.0 Å². The first-order valence-corrected chi connectivity index (χ1v) is 8.71. The maximum Gasteiger partial charge on any atom is 0.136 e.